The van der Waals surface area contributed by atoms with Crippen molar-refractivity contribution in [3.8, 4) is 5.75 Å². The summed E-state index contributed by atoms with van der Waals surface area (Å²) < 4.78 is 6.01. The number of urea groups is 1. The first kappa shape index (κ1) is 28.1. The average molecular weight is 528 g/mol. The number of anilines is 1. The zero-order chi connectivity index (χ0) is 27.2. The molecule has 4 heterocycles. The van der Waals surface area contributed by atoms with Crippen LogP contribution in [0, 0.1) is 17.8 Å². The van der Waals surface area contributed by atoms with Gasteiger partial charge in [0.25, 0.3) is 0 Å². The van der Waals surface area contributed by atoms with E-state index in [1.165, 1.54) is 0 Å². The van der Waals surface area contributed by atoms with Crippen LogP contribution in [0.3, 0.4) is 0 Å². The predicted octanol–water partition coefficient (Wildman–Crippen LogP) is 2.86. The smallest absolute Gasteiger partial charge is 0.345 e. The molecule has 3 saturated heterocycles. The van der Waals surface area contributed by atoms with Crippen molar-refractivity contribution in [1.82, 2.24) is 14.8 Å². The molecule has 210 valence electrons. The fourth-order valence-electron chi connectivity index (χ4n) is 5.72. The summed E-state index contributed by atoms with van der Waals surface area (Å²) in [6, 6.07) is 3.72. The van der Waals surface area contributed by atoms with Gasteiger partial charge in [-0.25, -0.2) is 9.78 Å². The Morgan fingerprint density at radius 1 is 1.16 bits per heavy atom. The highest BCUT2D eigenvalue weighted by atomic mass is 16.5. The minimum atomic E-state index is -0.215. The molecule has 3 fully saturated rings. The third-order valence-corrected chi connectivity index (χ3v) is 8.41. The molecule has 0 radical (unpaired) electrons. The van der Waals surface area contributed by atoms with E-state index in [0.717, 1.165) is 69.9 Å². The Morgan fingerprint density at radius 3 is 2.58 bits per heavy atom. The zero-order valence-corrected chi connectivity index (χ0v) is 23.2. The second kappa shape index (κ2) is 12.8. The molecule has 3 aliphatic heterocycles. The molecule has 3 amide bonds. The molecule has 1 aromatic rings. The summed E-state index contributed by atoms with van der Waals surface area (Å²) in [5.74, 6) is 3.39. The van der Waals surface area contributed by atoms with Crippen molar-refractivity contribution in [3.63, 3.8) is 0 Å². The van der Waals surface area contributed by atoms with E-state index < -0.39 is 0 Å². The number of hydrogen-bond acceptors (Lipinski definition) is 6. The molecule has 10 nitrogen and oxygen atoms in total. The van der Waals surface area contributed by atoms with Gasteiger partial charge in [-0.3, -0.25) is 4.79 Å². The van der Waals surface area contributed by atoms with Gasteiger partial charge in [0.05, 0.1) is 18.8 Å². The van der Waals surface area contributed by atoms with Crippen LogP contribution in [-0.2, 0) is 4.79 Å². The van der Waals surface area contributed by atoms with E-state index in [4.69, 9.17) is 16.2 Å². The Balaban J connectivity index is 1.18. The third-order valence-electron chi connectivity index (χ3n) is 8.41. The summed E-state index contributed by atoms with van der Waals surface area (Å²) in [4.78, 5) is 39.3. The van der Waals surface area contributed by atoms with Gasteiger partial charge in [-0.05, 0) is 56.1 Å². The van der Waals surface area contributed by atoms with Gasteiger partial charge < -0.3 is 30.9 Å². The number of aromatic nitrogens is 1. The Hall–Kier alpha value is -2.88. The fourth-order valence-corrected chi connectivity index (χ4v) is 5.72. The second-order valence-corrected chi connectivity index (χ2v) is 11.4. The molecule has 0 bridgehead atoms. The highest BCUT2D eigenvalue weighted by molar-refractivity contribution is 5.93. The monoisotopic (exact) mass is 527 g/mol. The number of likely N-dealkylation sites (tertiary alicyclic amines) is 2. The number of rotatable bonds is 8. The van der Waals surface area contributed by atoms with E-state index in [-0.39, 0.29) is 29.9 Å². The van der Waals surface area contributed by atoms with E-state index in [1.54, 1.807) is 6.20 Å². The van der Waals surface area contributed by atoms with E-state index in [0.29, 0.717) is 37.2 Å². The van der Waals surface area contributed by atoms with Gasteiger partial charge in [-0.15, -0.1) is 0 Å². The molecule has 4 rings (SSSR count). The number of nitrogens with zero attached hydrogens (tertiary/aromatic N) is 5. The number of carbonyl (C=O) groups is 2. The van der Waals surface area contributed by atoms with Gasteiger partial charge in [-0.1, -0.05) is 20.8 Å². The van der Waals surface area contributed by atoms with Crippen LogP contribution in [0.5, 0.6) is 5.75 Å². The molecular formula is C28H45N7O3. The van der Waals surface area contributed by atoms with Crippen molar-refractivity contribution >= 4 is 23.6 Å². The summed E-state index contributed by atoms with van der Waals surface area (Å²) in [7, 11) is 0. The van der Waals surface area contributed by atoms with Crippen LogP contribution in [0.25, 0.3) is 0 Å². The lowest BCUT2D eigenvalue weighted by atomic mass is 9.84. The quantitative estimate of drug-likeness (QED) is 0.393. The number of hydrogen-bond donors (Lipinski definition) is 2. The molecule has 0 spiro atoms. The molecule has 10 heteroatoms. The number of nitrogens with two attached hydrogens (primary N) is 2. The second-order valence-electron chi connectivity index (χ2n) is 11.4. The maximum Gasteiger partial charge on any atom is 0.345 e. The van der Waals surface area contributed by atoms with Crippen molar-refractivity contribution in [1.29, 1.82) is 0 Å². The van der Waals surface area contributed by atoms with Crippen LogP contribution in [0.1, 0.15) is 59.3 Å². The van der Waals surface area contributed by atoms with Crippen LogP contribution in [0.2, 0.25) is 0 Å². The van der Waals surface area contributed by atoms with Crippen molar-refractivity contribution < 1.29 is 14.3 Å². The van der Waals surface area contributed by atoms with Crippen molar-refractivity contribution in [2.45, 2.75) is 71.4 Å². The lowest BCUT2D eigenvalue weighted by Gasteiger charge is -2.34. The number of aliphatic imine (C=N–C) groups is 1. The Kier molecular flexibility index (Phi) is 9.46. The number of piperidine rings is 2. The largest absolute Gasteiger partial charge is 0.492 e. The van der Waals surface area contributed by atoms with Crippen LogP contribution in [-0.4, -0.2) is 84.0 Å². The van der Waals surface area contributed by atoms with Crippen LogP contribution >= 0.6 is 0 Å². The van der Waals surface area contributed by atoms with E-state index in [9.17, 15) is 9.59 Å². The van der Waals surface area contributed by atoms with E-state index in [2.05, 4.69) is 21.8 Å². The molecule has 0 saturated carbocycles. The van der Waals surface area contributed by atoms with E-state index >= 15 is 0 Å². The van der Waals surface area contributed by atoms with Crippen molar-refractivity contribution in [3.05, 3.63) is 18.3 Å². The van der Waals surface area contributed by atoms with Gasteiger partial charge in [0, 0.05) is 51.1 Å². The lowest BCUT2D eigenvalue weighted by molar-refractivity contribution is -0.135. The van der Waals surface area contributed by atoms with Gasteiger partial charge in [-0.2, -0.15) is 4.99 Å². The molecule has 1 aromatic heterocycles. The number of amidine groups is 1. The molecule has 0 aromatic carbocycles. The number of ether oxygens (including phenoxy) is 1. The molecule has 3 aliphatic rings. The normalized spacial score (nSPS) is 24.3. The average Bonchev–Trinajstić information content (AvgIpc) is 3.30. The molecular weight excluding hydrogens is 482 g/mol. The molecule has 0 aliphatic carbocycles. The lowest BCUT2D eigenvalue weighted by Crippen LogP contribution is -2.51. The minimum Gasteiger partial charge on any atom is -0.492 e. The summed E-state index contributed by atoms with van der Waals surface area (Å²) in [5, 5.41) is 0. The number of amides is 3. The molecule has 3 atom stereocenters. The van der Waals surface area contributed by atoms with Crippen LogP contribution in [0.4, 0.5) is 10.6 Å². The summed E-state index contributed by atoms with van der Waals surface area (Å²) in [6.07, 6.45) is 7.34. The standard InChI is InChI=1S/C28H45N7O3/c1-19(2)27(30)32-28(37)33-13-9-21(10-14-33)20(3)11-15-38-22-7-8-25(31-16-22)34-17-23(29)24(18-34)35-12-5-4-6-26(35)36/h7-8,16,19-21,23-24H,4-6,9-15,17-18,29H2,1-3H3,(H2,30,32,37). The summed E-state index contributed by atoms with van der Waals surface area (Å²) in [6.45, 7) is 10.4. The first-order valence-corrected chi connectivity index (χ1v) is 14.2. The first-order chi connectivity index (χ1) is 18.2. The highest BCUT2D eigenvalue weighted by Crippen LogP contribution is 2.28. The highest BCUT2D eigenvalue weighted by Gasteiger charge is 2.38. The van der Waals surface area contributed by atoms with Gasteiger partial charge in [0.15, 0.2) is 0 Å². The number of pyridine rings is 1. The summed E-state index contributed by atoms with van der Waals surface area (Å²) in [5.41, 5.74) is 12.3. The molecule has 38 heavy (non-hydrogen) atoms. The van der Waals surface area contributed by atoms with Gasteiger partial charge in [0.2, 0.25) is 5.91 Å². The van der Waals surface area contributed by atoms with Crippen LogP contribution < -0.4 is 21.1 Å². The van der Waals surface area contributed by atoms with Crippen molar-refractivity contribution in [2.75, 3.05) is 44.2 Å². The Morgan fingerprint density at radius 2 is 1.92 bits per heavy atom. The Bertz CT molecular complexity index is 975. The first-order valence-electron chi connectivity index (χ1n) is 14.2. The SMILES string of the molecule is CC(C)C(N)=NC(=O)N1CCC(C(C)CCOc2ccc(N3CC(N)C(N4CCCCC4=O)C3)nc2)CC1. The predicted molar refractivity (Wildman–Crippen MR) is 149 cm³/mol. The molecule has 3 unspecified atom stereocenters. The van der Waals surface area contributed by atoms with Crippen molar-refractivity contribution in [2.24, 2.45) is 34.2 Å². The maximum atomic E-state index is 12.4. The van der Waals surface area contributed by atoms with Crippen LogP contribution in [0.15, 0.2) is 23.3 Å². The topological polar surface area (TPSA) is 130 Å². The van der Waals surface area contributed by atoms with Gasteiger partial charge >= 0.3 is 6.03 Å². The summed E-state index contributed by atoms with van der Waals surface area (Å²) >= 11 is 0. The van der Waals surface area contributed by atoms with E-state index in [1.807, 2.05) is 35.8 Å². The molecule has 4 N–H and O–H groups in total. The number of carbonyl (C=O) groups excluding carboxylic acids is 2. The maximum absolute atomic E-state index is 12.4. The fraction of sp³-hybridized carbons (Fsp3) is 0.714. The minimum absolute atomic E-state index is 0.0536. The van der Waals surface area contributed by atoms with Gasteiger partial charge in [0.1, 0.15) is 17.4 Å². The third kappa shape index (κ3) is 6.95. The zero-order valence-electron chi connectivity index (χ0n) is 23.2. The Labute approximate surface area is 226 Å².